The molecule has 0 aromatic heterocycles. The van der Waals surface area contributed by atoms with Gasteiger partial charge >= 0.3 is 0 Å². The molecule has 4 heteroatoms. The number of halogens is 1. The molecular weight excluding hydrogens is 286 g/mol. The van der Waals surface area contributed by atoms with Gasteiger partial charge in [-0.3, -0.25) is 9.59 Å². The standard InChI is InChI=1S/C17H16ClNO2/c1-12(20)15-4-2-3-5-16(15)19-17(21)11-8-13-6-9-14(18)10-7-13/h2-7,9-10H,8,11H2,1H3,(H,19,21). The van der Waals surface area contributed by atoms with Crippen molar-refractivity contribution in [2.24, 2.45) is 0 Å². The molecule has 21 heavy (non-hydrogen) atoms. The molecule has 1 amide bonds. The molecule has 2 aromatic rings. The molecule has 2 rings (SSSR count). The lowest BCUT2D eigenvalue weighted by Gasteiger charge is -2.09. The van der Waals surface area contributed by atoms with Crippen LogP contribution in [0.25, 0.3) is 0 Å². The van der Waals surface area contributed by atoms with Crippen LogP contribution in [0.5, 0.6) is 0 Å². The second-order valence-corrected chi connectivity index (χ2v) is 5.21. The molecule has 3 nitrogen and oxygen atoms in total. The summed E-state index contributed by atoms with van der Waals surface area (Å²) in [5, 5.41) is 3.47. The quantitative estimate of drug-likeness (QED) is 0.845. The Hall–Kier alpha value is -2.13. The van der Waals surface area contributed by atoms with Crippen LogP contribution in [0.2, 0.25) is 5.02 Å². The van der Waals surface area contributed by atoms with Crippen molar-refractivity contribution in [1.29, 1.82) is 0 Å². The van der Waals surface area contributed by atoms with E-state index in [1.54, 1.807) is 36.4 Å². The Balaban J connectivity index is 1.96. The molecule has 0 fully saturated rings. The molecule has 108 valence electrons. The predicted octanol–water partition coefficient (Wildman–Crippen LogP) is 4.11. The molecule has 0 atom stereocenters. The second-order valence-electron chi connectivity index (χ2n) is 4.78. The molecule has 0 aliphatic rings. The lowest BCUT2D eigenvalue weighted by molar-refractivity contribution is -0.116. The molecule has 0 saturated heterocycles. The summed E-state index contributed by atoms with van der Waals surface area (Å²) in [7, 11) is 0. The number of carbonyl (C=O) groups excluding carboxylic acids is 2. The van der Waals surface area contributed by atoms with E-state index >= 15 is 0 Å². The molecule has 2 aromatic carbocycles. The average Bonchev–Trinajstić information content (AvgIpc) is 2.47. The number of Topliss-reactive ketones (excluding diaryl/α,β-unsaturated/α-hetero) is 1. The van der Waals surface area contributed by atoms with Crippen LogP contribution in [0.4, 0.5) is 5.69 Å². The normalized spacial score (nSPS) is 10.2. The van der Waals surface area contributed by atoms with E-state index in [0.717, 1.165) is 5.56 Å². The first-order valence-corrected chi connectivity index (χ1v) is 7.08. The second kappa shape index (κ2) is 7.04. The van der Waals surface area contributed by atoms with Crippen LogP contribution in [-0.2, 0) is 11.2 Å². The van der Waals surface area contributed by atoms with Crippen LogP contribution >= 0.6 is 11.6 Å². The lowest BCUT2D eigenvalue weighted by Crippen LogP contribution is -2.14. The molecule has 0 spiro atoms. The van der Waals surface area contributed by atoms with E-state index in [1.165, 1.54) is 6.92 Å². The summed E-state index contributed by atoms with van der Waals surface area (Å²) in [6.07, 6.45) is 0.985. The first kappa shape index (κ1) is 15.3. The third-order valence-electron chi connectivity index (χ3n) is 3.13. The fourth-order valence-corrected chi connectivity index (χ4v) is 2.15. The first-order valence-electron chi connectivity index (χ1n) is 6.70. The van der Waals surface area contributed by atoms with Gasteiger partial charge in [0, 0.05) is 17.0 Å². The molecule has 0 saturated carbocycles. The number of aryl methyl sites for hydroxylation is 1. The summed E-state index contributed by atoms with van der Waals surface area (Å²) in [6.45, 7) is 1.48. The minimum Gasteiger partial charge on any atom is -0.325 e. The Morgan fingerprint density at radius 1 is 1.05 bits per heavy atom. The van der Waals surface area contributed by atoms with Gasteiger partial charge in [0.05, 0.1) is 5.69 Å². The number of ketones is 1. The van der Waals surface area contributed by atoms with Crippen LogP contribution in [0.15, 0.2) is 48.5 Å². The highest BCUT2D eigenvalue weighted by Gasteiger charge is 2.09. The zero-order valence-corrected chi connectivity index (χ0v) is 12.5. The van der Waals surface area contributed by atoms with Crippen LogP contribution in [0, 0.1) is 0 Å². The van der Waals surface area contributed by atoms with E-state index in [0.29, 0.717) is 29.1 Å². The van der Waals surface area contributed by atoms with E-state index in [1.807, 2.05) is 12.1 Å². The van der Waals surface area contributed by atoms with E-state index in [4.69, 9.17) is 11.6 Å². The van der Waals surface area contributed by atoms with Crippen molar-refractivity contribution in [3.05, 3.63) is 64.7 Å². The van der Waals surface area contributed by atoms with Crippen molar-refractivity contribution in [3.63, 3.8) is 0 Å². The highest BCUT2D eigenvalue weighted by Crippen LogP contribution is 2.16. The van der Waals surface area contributed by atoms with Gasteiger partial charge in [-0.2, -0.15) is 0 Å². The number of anilines is 1. The minimum absolute atomic E-state index is 0.0661. The van der Waals surface area contributed by atoms with Crippen LogP contribution < -0.4 is 5.32 Å². The Kier molecular flexibility index (Phi) is 5.12. The number of benzene rings is 2. The van der Waals surface area contributed by atoms with Gasteiger partial charge in [-0.25, -0.2) is 0 Å². The van der Waals surface area contributed by atoms with Crippen molar-refractivity contribution in [2.75, 3.05) is 5.32 Å². The van der Waals surface area contributed by atoms with E-state index in [-0.39, 0.29) is 11.7 Å². The maximum absolute atomic E-state index is 12.0. The molecule has 0 radical (unpaired) electrons. The van der Waals surface area contributed by atoms with E-state index in [2.05, 4.69) is 5.32 Å². The third-order valence-corrected chi connectivity index (χ3v) is 3.39. The molecular formula is C17H16ClNO2. The summed E-state index contributed by atoms with van der Waals surface area (Å²) in [5.41, 5.74) is 2.14. The summed E-state index contributed by atoms with van der Waals surface area (Å²) < 4.78 is 0. The highest BCUT2D eigenvalue weighted by molar-refractivity contribution is 6.30. The predicted molar refractivity (Wildman–Crippen MR) is 84.8 cm³/mol. The summed E-state index contributed by atoms with van der Waals surface area (Å²) >= 11 is 5.82. The smallest absolute Gasteiger partial charge is 0.224 e. The van der Waals surface area contributed by atoms with Crippen molar-refractivity contribution < 1.29 is 9.59 Å². The van der Waals surface area contributed by atoms with Crippen LogP contribution in [-0.4, -0.2) is 11.7 Å². The molecule has 0 aliphatic heterocycles. The van der Waals surface area contributed by atoms with Gasteiger partial charge in [-0.05, 0) is 43.2 Å². The largest absolute Gasteiger partial charge is 0.325 e. The topological polar surface area (TPSA) is 46.2 Å². The molecule has 0 unspecified atom stereocenters. The van der Waals surface area contributed by atoms with Crippen molar-refractivity contribution in [1.82, 2.24) is 0 Å². The monoisotopic (exact) mass is 301 g/mol. The molecule has 0 heterocycles. The number of hydrogen-bond donors (Lipinski definition) is 1. The van der Waals surface area contributed by atoms with Gasteiger partial charge in [0.25, 0.3) is 0 Å². The van der Waals surface area contributed by atoms with Gasteiger partial charge in [0.1, 0.15) is 0 Å². The summed E-state index contributed by atoms with van der Waals surface area (Å²) in [5.74, 6) is -0.178. The lowest BCUT2D eigenvalue weighted by atomic mass is 10.1. The van der Waals surface area contributed by atoms with Crippen molar-refractivity contribution >= 4 is 29.0 Å². The Morgan fingerprint density at radius 2 is 1.71 bits per heavy atom. The number of para-hydroxylation sites is 1. The maximum Gasteiger partial charge on any atom is 0.224 e. The fourth-order valence-electron chi connectivity index (χ4n) is 2.02. The molecule has 0 aliphatic carbocycles. The third kappa shape index (κ3) is 4.43. The van der Waals surface area contributed by atoms with Gasteiger partial charge in [-0.15, -0.1) is 0 Å². The van der Waals surface area contributed by atoms with Gasteiger partial charge in [0.15, 0.2) is 5.78 Å². The SMILES string of the molecule is CC(=O)c1ccccc1NC(=O)CCc1ccc(Cl)cc1. The zero-order valence-electron chi connectivity index (χ0n) is 11.7. The van der Waals surface area contributed by atoms with E-state index in [9.17, 15) is 9.59 Å². The fraction of sp³-hybridized carbons (Fsp3) is 0.176. The Morgan fingerprint density at radius 3 is 2.38 bits per heavy atom. The number of nitrogens with one attached hydrogen (secondary N) is 1. The van der Waals surface area contributed by atoms with Crippen molar-refractivity contribution in [2.45, 2.75) is 19.8 Å². The van der Waals surface area contributed by atoms with Gasteiger partial charge < -0.3 is 5.32 Å². The molecule has 0 bridgehead atoms. The number of rotatable bonds is 5. The Bertz CT molecular complexity index is 650. The zero-order chi connectivity index (χ0) is 15.2. The summed E-state index contributed by atoms with van der Waals surface area (Å²) in [4.78, 5) is 23.5. The van der Waals surface area contributed by atoms with Crippen LogP contribution in [0.1, 0.15) is 29.3 Å². The van der Waals surface area contributed by atoms with Crippen LogP contribution in [0.3, 0.4) is 0 Å². The Labute approximate surface area is 128 Å². The highest BCUT2D eigenvalue weighted by atomic mass is 35.5. The van der Waals surface area contributed by atoms with E-state index < -0.39 is 0 Å². The number of carbonyl (C=O) groups is 2. The maximum atomic E-state index is 12.0. The molecule has 1 N–H and O–H groups in total. The summed E-state index contributed by atoms with van der Waals surface area (Å²) in [6, 6.07) is 14.4. The van der Waals surface area contributed by atoms with Crippen molar-refractivity contribution in [3.8, 4) is 0 Å². The average molecular weight is 302 g/mol. The van der Waals surface area contributed by atoms with Gasteiger partial charge in [0.2, 0.25) is 5.91 Å². The first-order chi connectivity index (χ1) is 10.1. The number of amides is 1. The number of hydrogen-bond acceptors (Lipinski definition) is 2. The van der Waals surface area contributed by atoms with Gasteiger partial charge in [-0.1, -0.05) is 35.9 Å². The minimum atomic E-state index is -0.112.